The minimum Gasteiger partial charge on any atom is -0.496 e. The molecule has 1 atom stereocenters. The Morgan fingerprint density at radius 2 is 1.86 bits per heavy atom. The Morgan fingerprint density at radius 3 is 2.48 bits per heavy atom. The average molecular weight is 290 g/mol. The van der Waals surface area contributed by atoms with Crippen LogP contribution in [0, 0.1) is 0 Å². The second-order valence-corrected chi connectivity index (χ2v) is 4.15. The molecule has 0 bridgehead atoms. The van der Waals surface area contributed by atoms with E-state index in [0.717, 1.165) is 5.56 Å². The standard InChI is InChI=1S/C14H18N4O3/c1-19-10-7-5-4-6-9(10)12(18-15)13-14(21-3)17-11(20-2)8-16-13/h4-8,12,18H,15H2,1-3H3. The van der Waals surface area contributed by atoms with Crippen LogP contribution in [0.4, 0.5) is 0 Å². The molecule has 21 heavy (non-hydrogen) atoms. The molecule has 0 aliphatic carbocycles. The van der Waals surface area contributed by atoms with E-state index < -0.39 is 6.04 Å². The minimum atomic E-state index is -0.422. The maximum atomic E-state index is 5.69. The van der Waals surface area contributed by atoms with Crippen LogP contribution in [-0.2, 0) is 0 Å². The van der Waals surface area contributed by atoms with Crippen molar-refractivity contribution in [2.24, 2.45) is 5.84 Å². The molecule has 1 unspecified atom stereocenters. The largest absolute Gasteiger partial charge is 0.496 e. The van der Waals surface area contributed by atoms with Gasteiger partial charge in [-0.3, -0.25) is 5.84 Å². The van der Waals surface area contributed by atoms with Gasteiger partial charge in [-0.2, -0.15) is 4.98 Å². The van der Waals surface area contributed by atoms with Gasteiger partial charge in [0.1, 0.15) is 11.4 Å². The molecule has 0 spiro atoms. The van der Waals surface area contributed by atoms with E-state index in [0.29, 0.717) is 23.2 Å². The van der Waals surface area contributed by atoms with Crippen molar-refractivity contribution in [1.29, 1.82) is 0 Å². The number of benzene rings is 1. The zero-order valence-corrected chi connectivity index (χ0v) is 12.2. The normalized spacial score (nSPS) is 11.8. The molecule has 0 aliphatic rings. The van der Waals surface area contributed by atoms with Gasteiger partial charge in [-0.15, -0.1) is 0 Å². The monoisotopic (exact) mass is 290 g/mol. The zero-order chi connectivity index (χ0) is 15.2. The van der Waals surface area contributed by atoms with E-state index in [1.165, 1.54) is 20.4 Å². The molecule has 1 aromatic heterocycles. The van der Waals surface area contributed by atoms with E-state index >= 15 is 0 Å². The number of nitrogens with two attached hydrogens (primary N) is 1. The fraction of sp³-hybridized carbons (Fsp3) is 0.286. The second-order valence-electron chi connectivity index (χ2n) is 4.15. The van der Waals surface area contributed by atoms with Gasteiger partial charge in [0.15, 0.2) is 0 Å². The molecule has 7 nitrogen and oxygen atoms in total. The molecule has 7 heteroatoms. The number of ether oxygens (including phenoxy) is 3. The molecule has 1 aromatic carbocycles. The lowest BCUT2D eigenvalue weighted by Gasteiger charge is -2.20. The van der Waals surface area contributed by atoms with Crippen molar-refractivity contribution in [2.75, 3.05) is 21.3 Å². The Morgan fingerprint density at radius 1 is 1.10 bits per heavy atom. The summed E-state index contributed by atoms with van der Waals surface area (Å²) in [5.74, 6) is 7.09. The highest BCUT2D eigenvalue weighted by molar-refractivity contribution is 5.42. The van der Waals surface area contributed by atoms with Crippen molar-refractivity contribution in [3.63, 3.8) is 0 Å². The van der Waals surface area contributed by atoms with Gasteiger partial charge in [0, 0.05) is 5.56 Å². The van der Waals surface area contributed by atoms with Crippen LogP contribution in [0.1, 0.15) is 17.3 Å². The minimum absolute atomic E-state index is 0.336. The molecule has 2 rings (SSSR count). The topological polar surface area (TPSA) is 91.5 Å². The first-order chi connectivity index (χ1) is 10.2. The van der Waals surface area contributed by atoms with Gasteiger partial charge >= 0.3 is 0 Å². The third-order valence-corrected chi connectivity index (χ3v) is 3.04. The van der Waals surface area contributed by atoms with Crippen molar-refractivity contribution in [2.45, 2.75) is 6.04 Å². The van der Waals surface area contributed by atoms with Gasteiger partial charge in [0.05, 0.1) is 33.6 Å². The first-order valence-corrected chi connectivity index (χ1v) is 6.29. The maximum absolute atomic E-state index is 5.69. The summed E-state index contributed by atoms with van der Waals surface area (Å²) >= 11 is 0. The molecule has 2 aromatic rings. The van der Waals surface area contributed by atoms with E-state index in [1.54, 1.807) is 7.11 Å². The summed E-state index contributed by atoms with van der Waals surface area (Å²) in [6.07, 6.45) is 1.51. The van der Waals surface area contributed by atoms with Crippen molar-refractivity contribution >= 4 is 0 Å². The van der Waals surface area contributed by atoms with Crippen LogP contribution in [-0.4, -0.2) is 31.3 Å². The molecule has 112 valence electrons. The predicted molar refractivity (Wildman–Crippen MR) is 77.3 cm³/mol. The van der Waals surface area contributed by atoms with Crippen LogP contribution in [0.25, 0.3) is 0 Å². The lowest BCUT2D eigenvalue weighted by molar-refractivity contribution is 0.351. The summed E-state index contributed by atoms with van der Waals surface area (Å²) in [5.41, 5.74) is 4.10. The van der Waals surface area contributed by atoms with Crippen LogP contribution < -0.4 is 25.5 Å². The molecule has 1 heterocycles. The number of hydrazine groups is 1. The Kier molecular flexibility index (Phi) is 4.91. The number of hydrogen-bond donors (Lipinski definition) is 2. The molecule has 0 radical (unpaired) electrons. The highest BCUT2D eigenvalue weighted by Gasteiger charge is 2.23. The number of methoxy groups -OCH3 is 3. The van der Waals surface area contributed by atoms with Gasteiger partial charge in [-0.25, -0.2) is 10.4 Å². The van der Waals surface area contributed by atoms with Crippen LogP contribution >= 0.6 is 0 Å². The van der Waals surface area contributed by atoms with Crippen LogP contribution in [0.5, 0.6) is 17.5 Å². The van der Waals surface area contributed by atoms with E-state index in [9.17, 15) is 0 Å². The van der Waals surface area contributed by atoms with E-state index in [1.807, 2.05) is 24.3 Å². The summed E-state index contributed by atoms with van der Waals surface area (Å²) < 4.78 is 15.7. The van der Waals surface area contributed by atoms with Gasteiger partial charge in [-0.05, 0) is 6.07 Å². The summed E-state index contributed by atoms with van der Waals surface area (Å²) in [4.78, 5) is 8.55. The maximum Gasteiger partial charge on any atom is 0.240 e. The smallest absolute Gasteiger partial charge is 0.240 e. The Labute approximate surface area is 123 Å². The van der Waals surface area contributed by atoms with E-state index in [-0.39, 0.29) is 0 Å². The Bertz CT molecular complexity index is 607. The lowest BCUT2D eigenvalue weighted by Crippen LogP contribution is -2.30. The summed E-state index contributed by atoms with van der Waals surface area (Å²) in [6, 6.07) is 7.10. The van der Waals surface area contributed by atoms with Gasteiger partial charge in [0.2, 0.25) is 11.8 Å². The number of hydrogen-bond acceptors (Lipinski definition) is 7. The summed E-state index contributed by atoms with van der Waals surface area (Å²) in [5, 5.41) is 0. The molecule has 3 N–H and O–H groups in total. The molecular weight excluding hydrogens is 272 g/mol. The lowest BCUT2D eigenvalue weighted by atomic mass is 10.0. The van der Waals surface area contributed by atoms with E-state index in [2.05, 4.69) is 15.4 Å². The third-order valence-electron chi connectivity index (χ3n) is 3.04. The Hall–Kier alpha value is -2.38. The molecular formula is C14H18N4O3. The molecule has 0 aliphatic heterocycles. The van der Waals surface area contributed by atoms with Gasteiger partial charge in [0.25, 0.3) is 0 Å². The Balaban J connectivity index is 2.51. The molecule has 0 saturated carbocycles. The van der Waals surface area contributed by atoms with Gasteiger partial charge in [-0.1, -0.05) is 18.2 Å². The number of nitrogens with zero attached hydrogens (tertiary/aromatic N) is 2. The fourth-order valence-corrected chi connectivity index (χ4v) is 2.03. The van der Waals surface area contributed by atoms with Crippen LogP contribution in [0.15, 0.2) is 30.5 Å². The van der Waals surface area contributed by atoms with Crippen molar-refractivity contribution in [3.8, 4) is 17.5 Å². The zero-order valence-electron chi connectivity index (χ0n) is 12.2. The molecule has 0 amide bonds. The van der Waals surface area contributed by atoms with E-state index in [4.69, 9.17) is 20.1 Å². The second kappa shape index (κ2) is 6.87. The SMILES string of the molecule is COc1cnc(C(NN)c2ccccc2OC)c(OC)n1. The van der Waals surface area contributed by atoms with Crippen LogP contribution in [0.2, 0.25) is 0 Å². The highest BCUT2D eigenvalue weighted by atomic mass is 16.5. The van der Waals surface area contributed by atoms with Crippen LogP contribution in [0.3, 0.4) is 0 Å². The number of aromatic nitrogens is 2. The highest BCUT2D eigenvalue weighted by Crippen LogP contribution is 2.32. The number of para-hydroxylation sites is 1. The molecule has 0 saturated heterocycles. The quantitative estimate of drug-likeness (QED) is 0.607. The fourth-order valence-electron chi connectivity index (χ4n) is 2.03. The third kappa shape index (κ3) is 3.04. The summed E-state index contributed by atoms with van der Waals surface area (Å²) in [6.45, 7) is 0. The predicted octanol–water partition coefficient (Wildman–Crippen LogP) is 1.06. The summed E-state index contributed by atoms with van der Waals surface area (Å²) in [7, 11) is 4.63. The average Bonchev–Trinajstić information content (AvgIpc) is 2.56. The number of nitrogens with one attached hydrogen (secondary N) is 1. The first-order valence-electron chi connectivity index (χ1n) is 6.29. The van der Waals surface area contributed by atoms with Crippen molar-refractivity contribution < 1.29 is 14.2 Å². The molecule has 0 fully saturated rings. The van der Waals surface area contributed by atoms with Crippen molar-refractivity contribution in [1.82, 2.24) is 15.4 Å². The number of rotatable bonds is 6. The van der Waals surface area contributed by atoms with Crippen molar-refractivity contribution in [3.05, 3.63) is 41.7 Å². The first kappa shape index (κ1) is 15.0. The van der Waals surface area contributed by atoms with Gasteiger partial charge < -0.3 is 14.2 Å².